The van der Waals surface area contributed by atoms with E-state index in [1.807, 2.05) is 54.6 Å². The molecule has 0 bridgehead atoms. The lowest BCUT2D eigenvalue weighted by molar-refractivity contribution is -0.123. The Balaban J connectivity index is 1.46. The summed E-state index contributed by atoms with van der Waals surface area (Å²) < 4.78 is 10.8. The van der Waals surface area contributed by atoms with Gasteiger partial charge in [-0.1, -0.05) is 30.3 Å². The van der Waals surface area contributed by atoms with Gasteiger partial charge < -0.3 is 25.0 Å². The van der Waals surface area contributed by atoms with Crippen LogP contribution in [-0.4, -0.2) is 48.6 Å². The van der Waals surface area contributed by atoms with E-state index in [0.29, 0.717) is 44.0 Å². The van der Waals surface area contributed by atoms with E-state index in [1.165, 1.54) is 0 Å². The molecule has 4 rings (SSSR count). The number of urea groups is 1. The van der Waals surface area contributed by atoms with Gasteiger partial charge in [-0.05, 0) is 52.9 Å². The van der Waals surface area contributed by atoms with Gasteiger partial charge in [-0.3, -0.25) is 9.78 Å². The van der Waals surface area contributed by atoms with Gasteiger partial charge >= 0.3 is 6.03 Å². The number of benzene rings is 2. The van der Waals surface area contributed by atoms with E-state index in [4.69, 9.17) is 9.47 Å². The summed E-state index contributed by atoms with van der Waals surface area (Å²) in [5.74, 6) is 1.08. The molecule has 182 valence electrons. The number of nitrogens with zero attached hydrogens (tertiary/aromatic N) is 2. The monoisotopic (exact) mass is 474 g/mol. The first-order chi connectivity index (χ1) is 17.1. The quantitative estimate of drug-likeness (QED) is 0.523. The summed E-state index contributed by atoms with van der Waals surface area (Å²) in [7, 11) is 3.20. The van der Waals surface area contributed by atoms with Gasteiger partial charge in [0.2, 0.25) is 5.91 Å². The number of hydrogen-bond donors (Lipinski definition) is 2. The zero-order valence-electron chi connectivity index (χ0n) is 20.0. The standard InChI is InChI=1S/C27H30N4O4/c1-34-24-15-21-10-13-31(18-22(21)16-25(24)35-2)27(33)30-23(14-19-6-4-3-5-7-19)26(32)29-17-20-8-11-28-12-9-20/h3-9,11-12,15-16,23H,10,13-14,17-18H2,1-2H3,(H,29,32)(H,30,33). The molecule has 35 heavy (non-hydrogen) atoms. The second kappa shape index (κ2) is 11.4. The number of carbonyl (C=O) groups excluding carboxylic acids is 2. The van der Waals surface area contributed by atoms with Gasteiger partial charge in [-0.15, -0.1) is 0 Å². The van der Waals surface area contributed by atoms with Crippen LogP contribution in [-0.2, 0) is 30.7 Å². The van der Waals surface area contributed by atoms with E-state index >= 15 is 0 Å². The molecule has 1 aliphatic rings. The lowest BCUT2D eigenvalue weighted by atomic mass is 9.99. The molecule has 1 aliphatic heterocycles. The Hall–Kier alpha value is -4.07. The van der Waals surface area contributed by atoms with Crippen molar-refractivity contribution in [3.8, 4) is 11.5 Å². The number of pyridine rings is 1. The van der Waals surface area contributed by atoms with Crippen LogP contribution in [0.5, 0.6) is 11.5 Å². The van der Waals surface area contributed by atoms with Gasteiger partial charge in [0.25, 0.3) is 0 Å². The van der Waals surface area contributed by atoms with Crippen LogP contribution in [0, 0.1) is 0 Å². The van der Waals surface area contributed by atoms with Gasteiger partial charge in [0.1, 0.15) is 6.04 Å². The van der Waals surface area contributed by atoms with Crippen molar-refractivity contribution in [3.63, 3.8) is 0 Å². The third-order valence-corrected chi connectivity index (χ3v) is 6.12. The first kappa shape index (κ1) is 24.1. The van der Waals surface area contributed by atoms with Gasteiger partial charge in [0, 0.05) is 38.4 Å². The number of carbonyl (C=O) groups is 2. The first-order valence-electron chi connectivity index (χ1n) is 11.6. The van der Waals surface area contributed by atoms with Crippen molar-refractivity contribution >= 4 is 11.9 Å². The average molecular weight is 475 g/mol. The van der Waals surface area contributed by atoms with Crippen LogP contribution < -0.4 is 20.1 Å². The summed E-state index contributed by atoms with van der Waals surface area (Å²) in [4.78, 5) is 32.1. The molecular weight excluding hydrogens is 444 g/mol. The minimum Gasteiger partial charge on any atom is -0.493 e. The normalized spacial score (nSPS) is 13.4. The Labute approximate surface area is 205 Å². The molecule has 0 spiro atoms. The van der Waals surface area contributed by atoms with Gasteiger partial charge in [-0.25, -0.2) is 4.79 Å². The summed E-state index contributed by atoms with van der Waals surface area (Å²) in [6.45, 7) is 1.34. The smallest absolute Gasteiger partial charge is 0.318 e. The van der Waals surface area contributed by atoms with Crippen LogP contribution in [0.1, 0.15) is 22.3 Å². The number of nitrogens with one attached hydrogen (secondary N) is 2. The maximum atomic E-state index is 13.2. The molecule has 2 aromatic carbocycles. The van der Waals surface area contributed by atoms with Crippen molar-refractivity contribution in [2.75, 3.05) is 20.8 Å². The molecule has 0 fully saturated rings. The average Bonchev–Trinajstić information content (AvgIpc) is 2.91. The molecule has 0 radical (unpaired) electrons. The van der Waals surface area contributed by atoms with Crippen LogP contribution in [0.4, 0.5) is 4.79 Å². The molecule has 0 aliphatic carbocycles. The lowest BCUT2D eigenvalue weighted by Gasteiger charge is -2.31. The zero-order chi connectivity index (χ0) is 24.6. The largest absolute Gasteiger partial charge is 0.493 e. The minimum absolute atomic E-state index is 0.233. The fourth-order valence-electron chi connectivity index (χ4n) is 4.17. The fraction of sp³-hybridized carbons (Fsp3) is 0.296. The molecule has 2 heterocycles. The summed E-state index contributed by atoms with van der Waals surface area (Å²) in [6, 6.07) is 16.3. The Morgan fingerprint density at radius 3 is 2.34 bits per heavy atom. The number of hydrogen-bond acceptors (Lipinski definition) is 5. The van der Waals surface area contributed by atoms with Crippen LogP contribution in [0.15, 0.2) is 67.0 Å². The number of rotatable bonds is 8. The summed E-state index contributed by atoms with van der Waals surface area (Å²) in [6.07, 6.45) is 4.46. The summed E-state index contributed by atoms with van der Waals surface area (Å²) in [5, 5.41) is 5.90. The predicted octanol–water partition coefficient (Wildman–Crippen LogP) is 3.09. The number of aromatic nitrogens is 1. The number of amides is 3. The Morgan fingerprint density at radius 2 is 1.66 bits per heavy atom. The molecule has 8 nitrogen and oxygen atoms in total. The van der Waals surface area contributed by atoms with E-state index in [-0.39, 0.29) is 11.9 Å². The van der Waals surface area contributed by atoms with Gasteiger partial charge in [-0.2, -0.15) is 0 Å². The molecule has 3 amide bonds. The van der Waals surface area contributed by atoms with Crippen LogP contribution in [0.25, 0.3) is 0 Å². The molecule has 1 unspecified atom stereocenters. The molecule has 8 heteroatoms. The Morgan fingerprint density at radius 1 is 0.971 bits per heavy atom. The second-order valence-electron chi connectivity index (χ2n) is 8.41. The van der Waals surface area contributed by atoms with Crippen molar-refractivity contribution in [2.24, 2.45) is 0 Å². The highest BCUT2D eigenvalue weighted by Gasteiger charge is 2.27. The topological polar surface area (TPSA) is 92.8 Å². The summed E-state index contributed by atoms with van der Waals surface area (Å²) >= 11 is 0. The first-order valence-corrected chi connectivity index (χ1v) is 11.6. The number of ether oxygens (including phenoxy) is 2. The molecular formula is C27H30N4O4. The van der Waals surface area contributed by atoms with Crippen molar-refractivity contribution in [2.45, 2.75) is 32.0 Å². The van der Waals surface area contributed by atoms with Crippen molar-refractivity contribution in [3.05, 3.63) is 89.2 Å². The SMILES string of the molecule is COc1cc2c(cc1OC)CN(C(=O)NC(Cc1ccccc1)C(=O)NCc1ccncc1)CC2. The van der Waals surface area contributed by atoms with Crippen molar-refractivity contribution < 1.29 is 19.1 Å². The molecule has 0 saturated heterocycles. The van der Waals surface area contributed by atoms with E-state index in [9.17, 15) is 9.59 Å². The maximum absolute atomic E-state index is 13.2. The maximum Gasteiger partial charge on any atom is 0.318 e. The van der Waals surface area contributed by atoms with E-state index in [2.05, 4.69) is 15.6 Å². The highest BCUT2D eigenvalue weighted by Crippen LogP contribution is 2.33. The van der Waals surface area contributed by atoms with Crippen molar-refractivity contribution in [1.82, 2.24) is 20.5 Å². The van der Waals surface area contributed by atoms with Crippen LogP contribution in [0.2, 0.25) is 0 Å². The highest BCUT2D eigenvalue weighted by atomic mass is 16.5. The third kappa shape index (κ3) is 6.09. The van der Waals surface area contributed by atoms with Crippen molar-refractivity contribution in [1.29, 1.82) is 0 Å². The fourth-order valence-corrected chi connectivity index (χ4v) is 4.17. The molecule has 2 N–H and O–H groups in total. The minimum atomic E-state index is -0.710. The van der Waals surface area contributed by atoms with E-state index in [1.54, 1.807) is 31.5 Å². The second-order valence-corrected chi connectivity index (χ2v) is 8.41. The molecule has 0 saturated carbocycles. The Kier molecular flexibility index (Phi) is 7.82. The predicted molar refractivity (Wildman–Crippen MR) is 132 cm³/mol. The van der Waals surface area contributed by atoms with Crippen LogP contribution in [0.3, 0.4) is 0 Å². The van der Waals surface area contributed by atoms with E-state index in [0.717, 1.165) is 22.3 Å². The molecule has 1 atom stereocenters. The number of methoxy groups -OCH3 is 2. The van der Waals surface area contributed by atoms with Gasteiger partial charge in [0.15, 0.2) is 11.5 Å². The summed E-state index contributed by atoms with van der Waals surface area (Å²) in [5.41, 5.74) is 4.04. The van der Waals surface area contributed by atoms with E-state index < -0.39 is 6.04 Å². The number of fused-ring (bicyclic) bond motifs is 1. The Bertz CT molecular complexity index is 1150. The molecule has 3 aromatic rings. The molecule has 1 aromatic heterocycles. The third-order valence-electron chi connectivity index (χ3n) is 6.12. The highest BCUT2D eigenvalue weighted by molar-refractivity contribution is 5.87. The van der Waals surface area contributed by atoms with Gasteiger partial charge in [0.05, 0.1) is 14.2 Å². The lowest BCUT2D eigenvalue weighted by Crippen LogP contribution is -2.52. The zero-order valence-corrected chi connectivity index (χ0v) is 20.0. The van der Waals surface area contributed by atoms with Crippen LogP contribution >= 0.6 is 0 Å².